The second-order valence-corrected chi connectivity index (χ2v) is 3.78. The van der Waals surface area contributed by atoms with Crippen molar-refractivity contribution in [1.29, 1.82) is 0 Å². The number of methoxy groups -OCH3 is 1. The number of urea groups is 1. The number of likely N-dealkylation sites (tertiary alicyclic amines) is 1. The smallest absolute Gasteiger partial charge is 0.320 e. The van der Waals surface area contributed by atoms with Crippen LogP contribution in [0.15, 0.2) is 0 Å². The van der Waals surface area contributed by atoms with E-state index in [2.05, 4.69) is 5.32 Å². The number of amides is 2. The van der Waals surface area contributed by atoms with E-state index < -0.39 is 0 Å². The van der Waals surface area contributed by atoms with Crippen molar-refractivity contribution < 1.29 is 9.53 Å². The Bertz CT molecular complexity index is 210. The summed E-state index contributed by atoms with van der Waals surface area (Å²) in [5, 5.41) is 3.23. The summed E-state index contributed by atoms with van der Waals surface area (Å²) in [7, 11) is 1.69. The predicted octanol–water partition coefficient (Wildman–Crippen LogP) is -0.658. The molecule has 0 aromatic carbocycles. The first-order valence-corrected chi connectivity index (χ1v) is 5.08. The zero-order valence-electron chi connectivity index (χ0n) is 8.53. The van der Waals surface area contributed by atoms with Gasteiger partial charge in [0.05, 0.1) is 19.2 Å². The molecule has 0 bridgehead atoms. The molecule has 2 saturated heterocycles. The molecule has 0 aromatic heterocycles. The van der Waals surface area contributed by atoms with Crippen molar-refractivity contribution in [2.75, 3.05) is 46.4 Å². The highest BCUT2D eigenvalue weighted by molar-refractivity contribution is 5.75. The molecule has 2 aliphatic heterocycles. The third kappa shape index (κ3) is 1.83. The molecule has 80 valence electrons. The molecule has 2 heterocycles. The lowest BCUT2D eigenvalue weighted by atomic mass is 10.2. The highest BCUT2D eigenvalue weighted by Gasteiger charge is 2.33. The van der Waals surface area contributed by atoms with Crippen LogP contribution in [0.4, 0.5) is 4.79 Å². The summed E-state index contributed by atoms with van der Waals surface area (Å²) in [6.07, 6.45) is 0.252. The van der Waals surface area contributed by atoms with Gasteiger partial charge in [-0.05, 0) is 0 Å². The third-order valence-electron chi connectivity index (χ3n) is 2.84. The van der Waals surface area contributed by atoms with Crippen LogP contribution < -0.4 is 5.32 Å². The number of nitrogens with one attached hydrogen (secondary N) is 1. The molecule has 0 aromatic rings. The van der Waals surface area contributed by atoms with E-state index in [9.17, 15) is 4.79 Å². The summed E-state index contributed by atoms with van der Waals surface area (Å²) < 4.78 is 5.13. The third-order valence-corrected chi connectivity index (χ3v) is 2.84. The van der Waals surface area contributed by atoms with Crippen LogP contribution in [-0.2, 0) is 4.74 Å². The molecule has 1 N–H and O–H groups in total. The van der Waals surface area contributed by atoms with Crippen molar-refractivity contribution in [2.24, 2.45) is 0 Å². The van der Waals surface area contributed by atoms with E-state index in [1.807, 2.05) is 9.80 Å². The van der Waals surface area contributed by atoms with Gasteiger partial charge in [0, 0.05) is 33.3 Å². The van der Waals surface area contributed by atoms with Crippen molar-refractivity contribution in [2.45, 2.75) is 6.10 Å². The Labute approximate surface area is 84.0 Å². The molecule has 2 aliphatic rings. The number of piperazine rings is 1. The fraction of sp³-hybridized carbons (Fsp3) is 0.889. The van der Waals surface area contributed by atoms with Gasteiger partial charge >= 0.3 is 6.03 Å². The second-order valence-electron chi connectivity index (χ2n) is 3.78. The lowest BCUT2D eigenvalue weighted by molar-refractivity contribution is -0.0161. The molecule has 5 heteroatoms. The Morgan fingerprint density at radius 2 is 1.93 bits per heavy atom. The van der Waals surface area contributed by atoms with Crippen molar-refractivity contribution in [3.05, 3.63) is 0 Å². The molecule has 2 amide bonds. The topological polar surface area (TPSA) is 44.8 Å². The number of hydrogen-bond donors (Lipinski definition) is 1. The molecule has 0 spiro atoms. The van der Waals surface area contributed by atoms with Crippen LogP contribution in [0.3, 0.4) is 0 Å². The number of carbonyl (C=O) groups is 1. The van der Waals surface area contributed by atoms with Crippen LogP contribution in [0.2, 0.25) is 0 Å². The lowest BCUT2D eigenvalue weighted by Crippen LogP contribution is -2.60. The number of ether oxygens (including phenoxy) is 1. The fourth-order valence-electron chi connectivity index (χ4n) is 1.80. The maximum absolute atomic E-state index is 11.8. The largest absolute Gasteiger partial charge is 0.378 e. The van der Waals surface area contributed by atoms with Crippen molar-refractivity contribution in [3.63, 3.8) is 0 Å². The molecule has 0 saturated carbocycles. The van der Waals surface area contributed by atoms with E-state index in [1.54, 1.807) is 7.11 Å². The van der Waals surface area contributed by atoms with Gasteiger partial charge in [0.2, 0.25) is 0 Å². The number of nitrogens with zero attached hydrogens (tertiary/aromatic N) is 2. The molecular formula is C9H17N3O2. The fourth-order valence-corrected chi connectivity index (χ4v) is 1.80. The maximum Gasteiger partial charge on any atom is 0.320 e. The summed E-state index contributed by atoms with van der Waals surface area (Å²) in [5.41, 5.74) is 0. The number of hydrogen-bond acceptors (Lipinski definition) is 3. The van der Waals surface area contributed by atoms with E-state index >= 15 is 0 Å². The van der Waals surface area contributed by atoms with Crippen LogP contribution in [0.5, 0.6) is 0 Å². The molecule has 2 rings (SSSR count). The zero-order chi connectivity index (χ0) is 9.97. The van der Waals surface area contributed by atoms with Gasteiger partial charge in [-0.25, -0.2) is 4.79 Å². The molecule has 0 radical (unpaired) electrons. The molecule has 0 atom stereocenters. The highest BCUT2D eigenvalue weighted by atomic mass is 16.5. The minimum Gasteiger partial charge on any atom is -0.378 e. The summed E-state index contributed by atoms with van der Waals surface area (Å²) in [6, 6.07) is 0.166. The molecule has 0 unspecified atom stereocenters. The van der Waals surface area contributed by atoms with E-state index in [-0.39, 0.29) is 12.1 Å². The van der Waals surface area contributed by atoms with Gasteiger partial charge in [-0.2, -0.15) is 0 Å². The Morgan fingerprint density at radius 1 is 1.29 bits per heavy atom. The second kappa shape index (κ2) is 4.14. The van der Waals surface area contributed by atoms with Crippen molar-refractivity contribution in [1.82, 2.24) is 15.1 Å². The highest BCUT2D eigenvalue weighted by Crippen LogP contribution is 2.13. The van der Waals surface area contributed by atoms with Gasteiger partial charge in [-0.1, -0.05) is 0 Å². The average molecular weight is 199 g/mol. The number of carbonyl (C=O) groups excluding carboxylic acids is 1. The number of rotatable bonds is 1. The molecule has 5 nitrogen and oxygen atoms in total. The summed E-state index contributed by atoms with van der Waals surface area (Å²) in [6.45, 7) is 4.97. The summed E-state index contributed by atoms with van der Waals surface area (Å²) in [4.78, 5) is 15.6. The van der Waals surface area contributed by atoms with E-state index in [1.165, 1.54) is 0 Å². The van der Waals surface area contributed by atoms with Crippen LogP contribution in [0.1, 0.15) is 0 Å². The van der Waals surface area contributed by atoms with Gasteiger partial charge in [0.25, 0.3) is 0 Å². The summed E-state index contributed by atoms with van der Waals surface area (Å²) in [5.74, 6) is 0. The molecule has 0 aliphatic carbocycles. The zero-order valence-corrected chi connectivity index (χ0v) is 8.53. The van der Waals surface area contributed by atoms with Crippen LogP contribution in [0, 0.1) is 0 Å². The van der Waals surface area contributed by atoms with Crippen LogP contribution in [0.25, 0.3) is 0 Å². The quantitative estimate of drug-likeness (QED) is 0.610. The van der Waals surface area contributed by atoms with Crippen LogP contribution in [-0.4, -0.2) is 68.3 Å². The van der Waals surface area contributed by atoms with Crippen LogP contribution >= 0.6 is 0 Å². The Morgan fingerprint density at radius 3 is 2.50 bits per heavy atom. The first kappa shape index (κ1) is 9.73. The van der Waals surface area contributed by atoms with Gasteiger partial charge in [-0.15, -0.1) is 0 Å². The standard InChI is InChI=1S/C9H17N3O2/c1-14-8-6-12(7-8)9(13)11-4-2-10-3-5-11/h8,10H,2-7H2,1H3. The van der Waals surface area contributed by atoms with Crippen molar-refractivity contribution >= 4 is 6.03 Å². The Hall–Kier alpha value is -0.810. The monoisotopic (exact) mass is 199 g/mol. The Balaban J connectivity index is 1.78. The molecule has 14 heavy (non-hydrogen) atoms. The van der Waals surface area contributed by atoms with E-state index in [4.69, 9.17) is 4.74 Å². The Kier molecular flexibility index (Phi) is 2.88. The lowest BCUT2D eigenvalue weighted by Gasteiger charge is -2.41. The summed E-state index contributed by atoms with van der Waals surface area (Å²) >= 11 is 0. The molecule has 2 fully saturated rings. The SMILES string of the molecule is COC1CN(C(=O)N2CCNCC2)C1. The van der Waals surface area contributed by atoms with Gasteiger partial charge < -0.3 is 19.9 Å². The normalized spacial score (nSPS) is 23.5. The first-order valence-electron chi connectivity index (χ1n) is 5.08. The minimum absolute atomic E-state index is 0.166. The average Bonchev–Trinajstić information content (AvgIpc) is 2.17. The van der Waals surface area contributed by atoms with Gasteiger partial charge in [0.1, 0.15) is 0 Å². The van der Waals surface area contributed by atoms with E-state index in [0.717, 1.165) is 39.3 Å². The van der Waals surface area contributed by atoms with Gasteiger partial charge in [-0.3, -0.25) is 0 Å². The maximum atomic E-state index is 11.8. The van der Waals surface area contributed by atoms with Gasteiger partial charge in [0.15, 0.2) is 0 Å². The predicted molar refractivity (Wildman–Crippen MR) is 52.2 cm³/mol. The molecular weight excluding hydrogens is 182 g/mol. The first-order chi connectivity index (χ1) is 6.81. The van der Waals surface area contributed by atoms with Crippen molar-refractivity contribution in [3.8, 4) is 0 Å². The minimum atomic E-state index is 0.166. The van der Waals surface area contributed by atoms with E-state index in [0.29, 0.717) is 0 Å².